The fraction of sp³-hybridized carbons (Fsp3) is 0.0667. The third kappa shape index (κ3) is 2.71. The van der Waals surface area contributed by atoms with Gasteiger partial charge in [0.2, 0.25) is 5.88 Å². The molecule has 0 aliphatic heterocycles. The van der Waals surface area contributed by atoms with E-state index < -0.39 is 15.7 Å². The Morgan fingerprint density at radius 3 is 2.55 bits per heavy atom. The molecule has 0 spiro atoms. The van der Waals surface area contributed by atoms with Gasteiger partial charge in [0.25, 0.3) is 5.56 Å². The Bertz CT molecular complexity index is 992. The molecular weight excluding hydrogens is 304 g/mol. The van der Waals surface area contributed by atoms with Crippen molar-refractivity contribution in [2.45, 2.75) is 11.8 Å². The molecule has 0 saturated carbocycles. The first-order valence-corrected chi connectivity index (χ1v) is 7.86. The number of fused-ring (bicyclic) bond motifs is 1. The summed E-state index contributed by atoms with van der Waals surface area (Å²) >= 11 is 0. The van der Waals surface area contributed by atoms with E-state index in [1.54, 1.807) is 36.5 Å². The van der Waals surface area contributed by atoms with E-state index in [4.69, 9.17) is 4.18 Å². The minimum Gasteiger partial charge on any atom is -0.358 e. The SMILES string of the molecule is Cc1ccc(S(=O)(=O)Oc2cc(=O)n3ccccc3n2)cc1. The molecule has 0 saturated heterocycles. The molecule has 22 heavy (non-hydrogen) atoms. The van der Waals surface area contributed by atoms with E-state index in [0.29, 0.717) is 5.65 Å². The van der Waals surface area contributed by atoms with Crippen LogP contribution in [0.15, 0.2) is 64.4 Å². The number of aromatic nitrogens is 2. The molecule has 0 radical (unpaired) electrons. The van der Waals surface area contributed by atoms with Gasteiger partial charge in [-0.3, -0.25) is 9.20 Å². The molecule has 6 nitrogen and oxygen atoms in total. The number of aryl methyl sites for hydroxylation is 1. The fourth-order valence-corrected chi connectivity index (χ4v) is 2.82. The van der Waals surface area contributed by atoms with E-state index >= 15 is 0 Å². The first-order valence-electron chi connectivity index (χ1n) is 6.45. The number of benzene rings is 1. The molecule has 7 heteroatoms. The zero-order valence-corrected chi connectivity index (χ0v) is 12.4. The lowest BCUT2D eigenvalue weighted by Gasteiger charge is -2.07. The molecule has 0 N–H and O–H groups in total. The summed E-state index contributed by atoms with van der Waals surface area (Å²) in [4.78, 5) is 15.9. The number of nitrogens with zero attached hydrogens (tertiary/aromatic N) is 2. The van der Waals surface area contributed by atoms with Crippen molar-refractivity contribution in [3.05, 3.63) is 70.6 Å². The lowest BCUT2D eigenvalue weighted by Crippen LogP contribution is -2.17. The van der Waals surface area contributed by atoms with Crippen LogP contribution >= 0.6 is 0 Å². The maximum atomic E-state index is 12.2. The van der Waals surface area contributed by atoms with Crippen molar-refractivity contribution in [3.63, 3.8) is 0 Å². The van der Waals surface area contributed by atoms with Crippen molar-refractivity contribution >= 4 is 15.8 Å². The molecule has 0 amide bonds. The Morgan fingerprint density at radius 1 is 1.09 bits per heavy atom. The maximum absolute atomic E-state index is 12.2. The zero-order valence-electron chi connectivity index (χ0n) is 11.6. The van der Waals surface area contributed by atoms with Crippen LogP contribution in [0.4, 0.5) is 0 Å². The van der Waals surface area contributed by atoms with E-state index in [2.05, 4.69) is 4.98 Å². The summed E-state index contributed by atoms with van der Waals surface area (Å²) in [6.07, 6.45) is 1.54. The van der Waals surface area contributed by atoms with Gasteiger partial charge >= 0.3 is 10.1 Å². The minimum atomic E-state index is -4.03. The van der Waals surface area contributed by atoms with Gasteiger partial charge in [0.05, 0.1) is 6.07 Å². The quantitative estimate of drug-likeness (QED) is 0.688. The molecule has 3 rings (SSSR count). The highest BCUT2D eigenvalue weighted by molar-refractivity contribution is 7.87. The normalized spacial score (nSPS) is 11.5. The molecule has 0 bridgehead atoms. The highest BCUT2D eigenvalue weighted by Gasteiger charge is 2.18. The summed E-state index contributed by atoms with van der Waals surface area (Å²) in [7, 11) is -4.03. The predicted octanol–water partition coefficient (Wildman–Crippen LogP) is 1.77. The summed E-state index contributed by atoms with van der Waals surface area (Å²) in [5, 5.41) is 0. The van der Waals surface area contributed by atoms with Crippen molar-refractivity contribution in [2.75, 3.05) is 0 Å². The number of hydrogen-bond acceptors (Lipinski definition) is 5. The monoisotopic (exact) mass is 316 g/mol. The smallest absolute Gasteiger partial charge is 0.340 e. The molecule has 0 aliphatic carbocycles. The molecule has 112 valence electrons. The van der Waals surface area contributed by atoms with Gasteiger partial charge in [0.15, 0.2) is 0 Å². The van der Waals surface area contributed by atoms with Crippen LogP contribution < -0.4 is 9.74 Å². The average Bonchev–Trinajstić information content (AvgIpc) is 2.47. The Morgan fingerprint density at radius 2 is 1.82 bits per heavy atom. The standard InChI is InChI=1S/C15H12N2O4S/c1-11-5-7-12(8-6-11)22(19,20)21-14-10-15(18)17-9-3-2-4-13(17)16-14/h2-10H,1H3. The molecule has 2 aromatic heterocycles. The van der Waals surface area contributed by atoms with Crippen molar-refractivity contribution in [1.29, 1.82) is 0 Å². The molecule has 0 fully saturated rings. The number of rotatable bonds is 3. The van der Waals surface area contributed by atoms with Gasteiger partial charge in [0, 0.05) is 6.20 Å². The minimum absolute atomic E-state index is 0.00756. The van der Waals surface area contributed by atoms with Gasteiger partial charge in [-0.15, -0.1) is 0 Å². The fourth-order valence-electron chi connectivity index (χ4n) is 1.94. The summed E-state index contributed by atoms with van der Waals surface area (Å²) < 4.78 is 30.6. The van der Waals surface area contributed by atoms with Gasteiger partial charge in [0.1, 0.15) is 10.5 Å². The number of pyridine rings is 1. The van der Waals surface area contributed by atoms with Crippen molar-refractivity contribution in [3.8, 4) is 5.88 Å². The zero-order chi connectivity index (χ0) is 15.7. The average molecular weight is 316 g/mol. The van der Waals surface area contributed by atoms with Gasteiger partial charge in [-0.1, -0.05) is 23.8 Å². The highest BCUT2D eigenvalue weighted by atomic mass is 32.2. The van der Waals surface area contributed by atoms with Crippen LogP contribution in [0.3, 0.4) is 0 Å². The molecule has 2 heterocycles. The van der Waals surface area contributed by atoms with Crippen molar-refractivity contribution < 1.29 is 12.6 Å². The van der Waals surface area contributed by atoms with Gasteiger partial charge in [-0.2, -0.15) is 13.4 Å². The summed E-state index contributed by atoms with van der Waals surface area (Å²) in [5.41, 5.74) is 0.824. The Hall–Kier alpha value is -2.67. The molecule has 3 aromatic rings. The van der Waals surface area contributed by atoms with Gasteiger partial charge < -0.3 is 4.18 Å². The van der Waals surface area contributed by atoms with E-state index in [9.17, 15) is 13.2 Å². The van der Waals surface area contributed by atoms with Crippen LogP contribution in [0.5, 0.6) is 5.88 Å². The molecule has 0 aliphatic rings. The van der Waals surface area contributed by atoms with Crippen LogP contribution in [-0.4, -0.2) is 17.8 Å². The van der Waals surface area contributed by atoms with Crippen LogP contribution in [0.2, 0.25) is 0 Å². The van der Waals surface area contributed by atoms with Crippen molar-refractivity contribution in [2.24, 2.45) is 0 Å². The first-order chi connectivity index (χ1) is 10.5. The number of hydrogen-bond donors (Lipinski definition) is 0. The van der Waals surface area contributed by atoms with Crippen LogP contribution in [0.25, 0.3) is 5.65 Å². The predicted molar refractivity (Wildman–Crippen MR) is 80.5 cm³/mol. The highest BCUT2D eigenvalue weighted by Crippen LogP contribution is 2.16. The Kier molecular flexibility index (Phi) is 3.42. The second-order valence-corrected chi connectivity index (χ2v) is 6.26. The lowest BCUT2D eigenvalue weighted by atomic mass is 10.2. The van der Waals surface area contributed by atoms with Crippen LogP contribution in [0.1, 0.15) is 5.56 Å². The van der Waals surface area contributed by atoms with Gasteiger partial charge in [-0.05, 0) is 31.2 Å². The van der Waals surface area contributed by atoms with Crippen LogP contribution in [-0.2, 0) is 10.1 Å². The second-order valence-electron chi connectivity index (χ2n) is 4.71. The maximum Gasteiger partial charge on any atom is 0.340 e. The molecular formula is C15H12N2O4S. The van der Waals surface area contributed by atoms with Crippen LogP contribution in [0, 0.1) is 6.92 Å². The Labute approximate surface area is 126 Å². The van der Waals surface area contributed by atoms with E-state index in [-0.39, 0.29) is 10.8 Å². The van der Waals surface area contributed by atoms with Gasteiger partial charge in [-0.25, -0.2) is 0 Å². The first kappa shape index (κ1) is 14.3. The van der Waals surface area contributed by atoms with E-state index in [1.165, 1.54) is 16.5 Å². The molecule has 0 atom stereocenters. The summed E-state index contributed by atoms with van der Waals surface area (Å²) in [5.74, 6) is -0.253. The molecule has 1 aromatic carbocycles. The second kappa shape index (κ2) is 5.27. The topological polar surface area (TPSA) is 77.7 Å². The van der Waals surface area contributed by atoms with Crippen molar-refractivity contribution in [1.82, 2.24) is 9.38 Å². The van der Waals surface area contributed by atoms with E-state index in [1.807, 2.05) is 6.92 Å². The summed E-state index contributed by atoms with van der Waals surface area (Å²) in [6.45, 7) is 1.85. The summed E-state index contributed by atoms with van der Waals surface area (Å²) in [6, 6.07) is 12.2. The third-order valence-electron chi connectivity index (χ3n) is 3.05. The molecule has 0 unspecified atom stereocenters. The Balaban J connectivity index is 2.02. The third-order valence-corrected chi connectivity index (χ3v) is 4.29. The lowest BCUT2D eigenvalue weighted by molar-refractivity contribution is 0.475. The van der Waals surface area contributed by atoms with E-state index in [0.717, 1.165) is 11.6 Å². The largest absolute Gasteiger partial charge is 0.358 e.